The van der Waals surface area contributed by atoms with Gasteiger partial charge in [-0.1, -0.05) is 67.2 Å². The lowest BCUT2D eigenvalue weighted by Crippen LogP contribution is -2.08. The second-order valence-corrected chi connectivity index (χ2v) is 7.19. The van der Waals surface area contributed by atoms with Gasteiger partial charge in [0.25, 0.3) is 0 Å². The van der Waals surface area contributed by atoms with Gasteiger partial charge in [0, 0.05) is 24.2 Å². The quantitative estimate of drug-likeness (QED) is 0.406. The third-order valence-corrected chi connectivity index (χ3v) is 4.91. The van der Waals surface area contributed by atoms with Crippen LogP contribution in [0.2, 0.25) is 0 Å². The van der Waals surface area contributed by atoms with Gasteiger partial charge < -0.3 is 9.84 Å². The zero-order valence-corrected chi connectivity index (χ0v) is 17.0. The van der Waals surface area contributed by atoms with Crippen LogP contribution >= 0.6 is 0 Å². The van der Waals surface area contributed by atoms with Gasteiger partial charge in [0.1, 0.15) is 5.82 Å². The van der Waals surface area contributed by atoms with Crippen molar-refractivity contribution in [3.05, 3.63) is 95.8 Å². The van der Waals surface area contributed by atoms with Gasteiger partial charge in [0.05, 0.1) is 6.61 Å². The molecule has 0 radical (unpaired) electrons. The molecular formula is C26H25FO3. The Labute approximate surface area is 176 Å². The molecule has 0 heterocycles. The molecule has 1 N–H and O–H groups in total. The van der Waals surface area contributed by atoms with E-state index in [0.29, 0.717) is 24.0 Å². The molecule has 0 saturated heterocycles. The van der Waals surface area contributed by atoms with Gasteiger partial charge in [-0.2, -0.15) is 0 Å². The van der Waals surface area contributed by atoms with Gasteiger partial charge in [0.2, 0.25) is 0 Å². The number of carbonyl (C=O) groups is 1. The Morgan fingerprint density at radius 3 is 2.33 bits per heavy atom. The first-order valence-corrected chi connectivity index (χ1v) is 9.90. The Balaban J connectivity index is 1.95. The standard InChI is InChI=1S/C26H25FO3/c1-18(2)26(29)30-16-14-22-17-21(24-5-3-4-6-25(24)27)11-12-23(22)20-9-7-19(8-10-20)13-15-28/h3-12,17,28H,1,13-16H2,2H3. The van der Waals surface area contributed by atoms with Gasteiger partial charge in [-0.15, -0.1) is 0 Å². The zero-order chi connectivity index (χ0) is 21.5. The van der Waals surface area contributed by atoms with E-state index in [1.54, 1.807) is 25.1 Å². The number of esters is 1. The highest BCUT2D eigenvalue weighted by molar-refractivity contribution is 5.87. The number of ether oxygens (including phenoxy) is 1. The molecule has 0 aliphatic heterocycles. The van der Waals surface area contributed by atoms with Gasteiger partial charge in [-0.25, -0.2) is 9.18 Å². The van der Waals surface area contributed by atoms with Crippen LogP contribution in [0.4, 0.5) is 4.39 Å². The monoisotopic (exact) mass is 404 g/mol. The molecule has 154 valence electrons. The predicted molar refractivity (Wildman–Crippen MR) is 118 cm³/mol. The average Bonchev–Trinajstić information content (AvgIpc) is 2.75. The minimum atomic E-state index is -0.421. The summed E-state index contributed by atoms with van der Waals surface area (Å²) in [6, 6.07) is 20.5. The molecule has 0 atom stereocenters. The number of benzene rings is 3. The first kappa shape index (κ1) is 21.5. The molecule has 0 saturated carbocycles. The predicted octanol–water partition coefficient (Wildman–Crippen LogP) is 5.36. The topological polar surface area (TPSA) is 46.5 Å². The number of carbonyl (C=O) groups excluding carboxylic acids is 1. The number of rotatable bonds is 8. The van der Waals surface area contributed by atoms with Crippen LogP contribution in [0.5, 0.6) is 0 Å². The highest BCUT2D eigenvalue weighted by Crippen LogP contribution is 2.31. The van der Waals surface area contributed by atoms with Crippen LogP contribution in [0.1, 0.15) is 18.1 Å². The first-order chi connectivity index (χ1) is 14.5. The van der Waals surface area contributed by atoms with Crippen LogP contribution in [0.15, 0.2) is 78.9 Å². The summed E-state index contributed by atoms with van der Waals surface area (Å²) < 4.78 is 19.6. The number of aliphatic hydroxyl groups is 1. The summed E-state index contributed by atoms with van der Waals surface area (Å²) in [6.45, 7) is 5.53. The Morgan fingerprint density at radius 2 is 1.67 bits per heavy atom. The molecular weight excluding hydrogens is 379 g/mol. The van der Waals surface area contributed by atoms with Crippen LogP contribution in [-0.2, 0) is 22.4 Å². The van der Waals surface area contributed by atoms with E-state index in [2.05, 4.69) is 6.58 Å². The normalized spacial score (nSPS) is 10.6. The number of hydrogen-bond donors (Lipinski definition) is 1. The summed E-state index contributed by atoms with van der Waals surface area (Å²) >= 11 is 0. The van der Waals surface area contributed by atoms with E-state index >= 15 is 0 Å². The average molecular weight is 404 g/mol. The molecule has 0 spiro atoms. The zero-order valence-electron chi connectivity index (χ0n) is 17.0. The van der Waals surface area contributed by atoms with Crippen LogP contribution in [0.25, 0.3) is 22.3 Å². The molecule has 3 nitrogen and oxygen atoms in total. The third kappa shape index (κ3) is 5.22. The van der Waals surface area contributed by atoms with Crippen molar-refractivity contribution in [3.63, 3.8) is 0 Å². The second-order valence-electron chi connectivity index (χ2n) is 7.19. The van der Waals surface area contributed by atoms with Crippen molar-refractivity contribution < 1.29 is 19.0 Å². The molecule has 0 amide bonds. The highest BCUT2D eigenvalue weighted by Gasteiger charge is 2.12. The summed E-state index contributed by atoms with van der Waals surface area (Å²) in [4.78, 5) is 11.7. The lowest BCUT2D eigenvalue weighted by molar-refractivity contribution is -0.138. The molecule has 30 heavy (non-hydrogen) atoms. The van der Waals surface area contributed by atoms with Crippen LogP contribution < -0.4 is 0 Å². The van der Waals surface area contributed by atoms with E-state index in [4.69, 9.17) is 9.84 Å². The van der Waals surface area contributed by atoms with Crippen LogP contribution in [0.3, 0.4) is 0 Å². The molecule has 3 rings (SSSR count). The fraction of sp³-hybridized carbons (Fsp3) is 0.192. The number of halogens is 1. The van der Waals surface area contributed by atoms with Crippen LogP contribution in [-0.4, -0.2) is 24.3 Å². The van der Waals surface area contributed by atoms with Crippen molar-refractivity contribution in [1.82, 2.24) is 0 Å². The number of hydrogen-bond acceptors (Lipinski definition) is 3. The number of aliphatic hydroxyl groups excluding tert-OH is 1. The van der Waals surface area contributed by atoms with Crippen LogP contribution in [0, 0.1) is 5.82 Å². The van der Waals surface area contributed by atoms with Crippen molar-refractivity contribution in [2.45, 2.75) is 19.8 Å². The minimum Gasteiger partial charge on any atom is -0.462 e. The largest absolute Gasteiger partial charge is 0.462 e. The van der Waals surface area contributed by atoms with Gasteiger partial charge in [0.15, 0.2) is 0 Å². The molecule has 0 aromatic heterocycles. The molecule has 0 bridgehead atoms. The highest BCUT2D eigenvalue weighted by atomic mass is 19.1. The van der Waals surface area contributed by atoms with E-state index in [-0.39, 0.29) is 19.0 Å². The van der Waals surface area contributed by atoms with Crippen molar-refractivity contribution in [3.8, 4) is 22.3 Å². The smallest absolute Gasteiger partial charge is 0.333 e. The maximum absolute atomic E-state index is 14.3. The Bertz CT molecular complexity index is 1040. The van der Waals surface area contributed by atoms with Crippen molar-refractivity contribution in [2.24, 2.45) is 0 Å². The van der Waals surface area contributed by atoms with Crippen molar-refractivity contribution in [2.75, 3.05) is 13.2 Å². The maximum Gasteiger partial charge on any atom is 0.333 e. The fourth-order valence-electron chi connectivity index (χ4n) is 3.30. The third-order valence-electron chi connectivity index (χ3n) is 4.91. The summed E-state index contributed by atoms with van der Waals surface area (Å²) in [5, 5.41) is 9.11. The van der Waals surface area contributed by atoms with E-state index in [0.717, 1.165) is 27.8 Å². The second kappa shape index (κ2) is 9.99. The minimum absolute atomic E-state index is 0.107. The van der Waals surface area contributed by atoms with Gasteiger partial charge >= 0.3 is 5.97 Å². The van der Waals surface area contributed by atoms with Crippen molar-refractivity contribution >= 4 is 5.97 Å². The van der Waals surface area contributed by atoms with Gasteiger partial charge in [-0.3, -0.25) is 0 Å². The fourth-order valence-corrected chi connectivity index (χ4v) is 3.30. The van der Waals surface area contributed by atoms with E-state index in [1.165, 1.54) is 6.07 Å². The molecule has 0 aliphatic carbocycles. The molecule has 4 heteroatoms. The van der Waals surface area contributed by atoms with Gasteiger partial charge in [-0.05, 0) is 47.2 Å². The summed E-state index contributed by atoms with van der Waals surface area (Å²) in [6.07, 6.45) is 1.10. The lowest BCUT2D eigenvalue weighted by atomic mass is 9.93. The van der Waals surface area contributed by atoms with E-state index in [9.17, 15) is 9.18 Å². The SMILES string of the molecule is C=C(C)C(=O)OCCc1cc(-c2ccccc2F)ccc1-c1ccc(CCO)cc1. The Hall–Kier alpha value is -3.24. The van der Waals surface area contributed by atoms with Crippen molar-refractivity contribution in [1.29, 1.82) is 0 Å². The Morgan fingerprint density at radius 1 is 0.967 bits per heavy atom. The first-order valence-electron chi connectivity index (χ1n) is 9.90. The summed E-state index contributed by atoms with van der Waals surface area (Å²) in [5.41, 5.74) is 5.68. The molecule has 3 aromatic carbocycles. The molecule has 0 aliphatic rings. The maximum atomic E-state index is 14.3. The Kier molecular flexibility index (Phi) is 7.15. The van der Waals surface area contributed by atoms with E-state index < -0.39 is 5.97 Å². The summed E-state index contributed by atoms with van der Waals surface area (Å²) in [7, 11) is 0. The lowest BCUT2D eigenvalue weighted by Gasteiger charge is -2.14. The van der Waals surface area contributed by atoms with E-state index in [1.807, 2.05) is 42.5 Å². The molecule has 0 unspecified atom stereocenters. The molecule has 3 aromatic rings. The molecule has 0 fully saturated rings. The summed E-state index contributed by atoms with van der Waals surface area (Å²) in [5.74, 6) is -0.701.